The largest absolute Gasteiger partial charge is 0.472 e. The molecule has 0 aliphatic carbocycles. The van der Waals surface area contributed by atoms with E-state index in [0.717, 1.165) is 95.0 Å². The minimum Gasteiger partial charge on any atom is -0.466 e. The van der Waals surface area contributed by atoms with Crippen LogP contribution in [0.5, 0.6) is 0 Å². The highest BCUT2D eigenvalue weighted by molar-refractivity contribution is 7.47. The number of furan rings is 1. The van der Waals surface area contributed by atoms with Gasteiger partial charge >= 0.3 is 19.8 Å². The van der Waals surface area contributed by atoms with Gasteiger partial charge in [-0.25, -0.2) is 4.57 Å². The highest BCUT2D eigenvalue weighted by Gasteiger charge is 2.27. The maximum absolute atomic E-state index is 12.8. The van der Waals surface area contributed by atoms with Gasteiger partial charge in [-0.15, -0.1) is 0 Å². The summed E-state index contributed by atoms with van der Waals surface area (Å²) < 4.78 is 40.6. The second-order valence-corrected chi connectivity index (χ2v) is 19.5. The molecule has 0 aliphatic rings. The van der Waals surface area contributed by atoms with Gasteiger partial charge in [-0.2, -0.15) is 0 Å². The van der Waals surface area contributed by atoms with Crippen molar-refractivity contribution in [2.45, 2.75) is 213 Å². The highest BCUT2D eigenvalue weighted by atomic mass is 31.2. The van der Waals surface area contributed by atoms with Crippen LogP contribution in [0.1, 0.15) is 191 Å². The minimum absolute atomic E-state index is 0.000483. The number of unbranched alkanes of at least 4 members (excludes halogenated alkanes) is 16. The summed E-state index contributed by atoms with van der Waals surface area (Å²) in [5.74, 6) is 1.39. The van der Waals surface area contributed by atoms with Crippen molar-refractivity contribution in [1.29, 1.82) is 0 Å². The van der Waals surface area contributed by atoms with Gasteiger partial charge in [-0.3, -0.25) is 18.6 Å². The van der Waals surface area contributed by atoms with Crippen LogP contribution in [-0.4, -0.2) is 97.3 Å². The molecule has 3 N–H and O–H groups in total. The monoisotopic (exact) mass is 887 g/mol. The summed E-state index contributed by atoms with van der Waals surface area (Å²) in [4.78, 5) is 35.6. The zero-order valence-electron chi connectivity index (χ0n) is 39.6. The standard InChI is InChI=1S/C48H88NO11P/c1-8-10-12-13-19-25-30-43(50)44(51)31-26-20-18-23-28-34-47(52)56-38-42(39-58-61(54,55)57-37-36-49(5,6)7)59-48(53)35-29-22-17-15-14-16-21-27-33-46-41(4)40(3)45(60-46)32-24-11-9-2/h19,25,42-44,50-51H,8-18,20-24,26-39H2,1-7H3/p+1/b25-19-/t42-,43-,44-/m1/s1. The molecule has 1 unspecified atom stereocenters. The number of esters is 2. The molecule has 1 aromatic rings. The molecule has 1 heterocycles. The van der Waals surface area contributed by atoms with Crippen LogP contribution in [0, 0.1) is 13.8 Å². The van der Waals surface area contributed by atoms with Crippen molar-refractivity contribution in [2.24, 2.45) is 0 Å². The van der Waals surface area contributed by atoms with Gasteiger partial charge in [0.25, 0.3) is 0 Å². The average Bonchev–Trinajstić information content (AvgIpc) is 3.47. The predicted molar refractivity (Wildman–Crippen MR) is 244 cm³/mol. The van der Waals surface area contributed by atoms with Gasteiger partial charge in [-0.1, -0.05) is 116 Å². The van der Waals surface area contributed by atoms with E-state index in [9.17, 15) is 29.3 Å². The summed E-state index contributed by atoms with van der Waals surface area (Å²) in [7, 11) is 1.37. The Hall–Kier alpha value is -2.05. The molecule has 1 rings (SSSR count). The molecule has 13 heteroatoms. The Morgan fingerprint density at radius 3 is 1.79 bits per heavy atom. The second kappa shape index (κ2) is 34.4. The lowest BCUT2D eigenvalue weighted by atomic mass is 10.0. The number of aryl methyl sites for hydroxylation is 2. The number of carbonyl (C=O) groups is 2. The number of carbonyl (C=O) groups excluding carboxylic acids is 2. The molecule has 61 heavy (non-hydrogen) atoms. The van der Waals surface area contributed by atoms with E-state index in [1.54, 1.807) is 0 Å². The predicted octanol–water partition coefficient (Wildman–Crippen LogP) is 11.0. The van der Waals surface area contributed by atoms with Gasteiger partial charge in [0.1, 0.15) is 31.3 Å². The Bertz CT molecular complexity index is 1360. The maximum Gasteiger partial charge on any atom is 0.472 e. The van der Waals surface area contributed by atoms with Crippen LogP contribution in [0.15, 0.2) is 16.6 Å². The van der Waals surface area contributed by atoms with Gasteiger partial charge in [0.2, 0.25) is 0 Å². The molecule has 0 bridgehead atoms. The molecule has 0 spiro atoms. The molecular formula is C48H89NO11P+. The molecule has 0 amide bonds. The number of hydrogen-bond acceptors (Lipinski definition) is 10. The lowest BCUT2D eigenvalue weighted by Gasteiger charge is -2.24. The second-order valence-electron chi connectivity index (χ2n) is 18.0. The number of quaternary nitrogens is 1. The normalized spacial score (nSPS) is 14.6. The number of hydrogen-bond donors (Lipinski definition) is 3. The number of rotatable bonds is 40. The first kappa shape index (κ1) is 57.0. The third-order valence-corrected chi connectivity index (χ3v) is 12.2. The van der Waals surface area contributed by atoms with Crippen molar-refractivity contribution >= 4 is 19.8 Å². The molecule has 0 radical (unpaired) electrons. The number of ether oxygens (including phenoxy) is 2. The average molecular weight is 887 g/mol. The van der Waals surface area contributed by atoms with Crippen molar-refractivity contribution in [3.63, 3.8) is 0 Å². The van der Waals surface area contributed by atoms with Crippen molar-refractivity contribution in [1.82, 2.24) is 0 Å². The first-order chi connectivity index (χ1) is 29.1. The molecule has 1 aromatic heterocycles. The Morgan fingerprint density at radius 2 is 1.20 bits per heavy atom. The Kier molecular flexibility index (Phi) is 32.1. The Morgan fingerprint density at radius 1 is 0.672 bits per heavy atom. The quantitative estimate of drug-likeness (QED) is 0.0189. The summed E-state index contributed by atoms with van der Waals surface area (Å²) >= 11 is 0. The molecule has 12 nitrogen and oxygen atoms in total. The summed E-state index contributed by atoms with van der Waals surface area (Å²) in [5, 5.41) is 20.5. The molecular weight excluding hydrogens is 797 g/mol. The van der Waals surface area contributed by atoms with Crippen LogP contribution in [0.3, 0.4) is 0 Å². The fourth-order valence-electron chi connectivity index (χ4n) is 6.98. The zero-order chi connectivity index (χ0) is 45.4. The first-order valence-corrected chi connectivity index (χ1v) is 25.4. The molecule has 0 saturated carbocycles. The third kappa shape index (κ3) is 30.6. The van der Waals surface area contributed by atoms with E-state index in [1.807, 2.05) is 27.2 Å². The van der Waals surface area contributed by atoms with Crippen molar-refractivity contribution in [3.05, 3.63) is 34.8 Å². The zero-order valence-corrected chi connectivity index (χ0v) is 40.5. The number of likely N-dealkylation sites (N-methyl/N-ethyl adjacent to an activating group) is 1. The molecule has 0 fully saturated rings. The number of aliphatic hydroxyl groups excluding tert-OH is 2. The highest BCUT2D eigenvalue weighted by Crippen LogP contribution is 2.43. The number of phosphoric ester groups is 1. The molecule has 0 aromatic carbocycles. The van der Waals surface area contributed by atoms with Crippen LogP contribution in [0.25, 0.3) is 0 Å². The third-order valence-electron chi connectivity index (χ3n) is 11.2. The van der Waals surface area contributed by atoms with Gasteiger partial charge in [0, 0.05) is 25.7 Å². The Balaban J connectivity index is 2.38. The van der Waals surface area contributed by atoms with Crippen LogP contribution >= 0.6 is 7.82 Å². The lowest BCUT2D eigenvalue weighted by molar-refractivity contribution is -0.870. The first-order valence-electron chi connectivity index (χ1n) is 23.9. The number of aliphatic hydroxyl groups is 2. The number of allylic oxidation sites excluding steroid dienone is 1. The van der Waals surface area contributed by atoms with E-state index in [4.69, 9.17) is 22.9 Å². The minimum atomic E-state index is -4.42. The van der Waals surface area contributed by atoms with Crippen LogP contribution in [-0.2, 0) is 45.5 Å². The van der Waals surface area contributed by atoms with Crippen LogP contribution in [0.2, 0.25) is 0 Å². The summed E-state index contributed by atoms with van der Waals surface area (Å²) in [6.07, 6.45) is 25.3. The summed E-state index contributed by atoms with van der Waals surface area (Å²) in [6, 6.07) is 0. The Labute approximate surface area is 370 Å². The van der Waals surface area contributed by atoms with Crippen LogP contribution < -0.4 is 0 Å². The van der Waals surface area contributed by atoms with E-state index in [-0.39, 0.29) is 26.1 Å². The van der Waals surface area contributed by atoms with E-state index in [2.05, 4.69) is 33.8 Å². The van der Waals surface area contributed by atoms with Gasteiger partial charge in [-0.05, 0) is 76.3 Å². The van der Waals surface area contributed by atoms with E-state index < -0.39 is 44.7 Å². The van der Waals surface area contributed by atoms with Crippen LogP contribution in [0.4, 0.5) is 0 Å². The van der Waals surface area contributed by atoms with Gasteiger partial charge in [0.15, 0.2) is 6.10 Å². The lowest BCUT2D eigenvalue weighted by Crippen LogP contribution is -2.37. The van der Waals surface area contributed by atoms with E-state index in [1.165, 1.54) is 56.1 Å². The van der Waals surface area contributed by atoms with Crippen molar-refractivity contribution in [2.75, 3.05) is 47.5 Å². The summed E-state index contributed by atoms with van der Waals surface area (Å²) in [6.45, 7) is 8.49. The number of nitrogens with zero attached hydrogens (tertiary/aromatic N) is 1. The van der Waals surface area contributed by atoms with Gasteiger partial charge < -0.3 is 33.5 Å². The smallest absolute Gasteiger partial charge is 0.466 e. The maximum atomic E-state index is 12.8. The molecule has 0 saturated heterocycles. The SMILES string of the molecule is CCCCC/C=C\C[C@@H](O)[C@H](O)CCCCCCCC(=O)OC[C@H](COP(=O)(O)OCC[N+](C)(C)C)OC(=O)CCCCCCCCCCc1oc(CCCCC)c(C)c1C. The van der Waals surface area contributed by atoms with Crippen molar-refractivity contribution in [3.8, 4) is 0 Å². The summed E-state index contributed by atoms with van der Waals surface area (Å²) in [5.41, 5.74) is 2.64. The molecule has 4 atom stereocenters. The van der Waals surface area contributed by atoms with E-state index in [0.29, 0.717) is 36.7 Å². The molecule has 0 aliphatic heterocycles. The fraction of sp³-hybridized carbons (Fsp3) is 0.833. The fourth-order valence-corrected chi connectivity index (χ4v) is 7.72. The van der Waals surface area contributed by atoms with Gasteiger partial charge in [0.05, 0.1) is 40.0 Å². The van der Waals surface area contributed by atoms with E-state index >= 15 is 0 Å². The number of phosphoric acid groups is 1. The topological polar surface area (TPSA) is 162 Å². The molecule has 356 valence electrons. The van der Waals surface area contributed by atoms with Crippen molar-refractivity contribution < 1.29 is 56.7 Å².